The molecule has 13 heteroatoms. The Labute approximate surface area is 228 Å². The number of hydrogen-bond donors (Lipinski definition) is 3. The van der Waals surface area contributed by atoms with Gasteiger partial charge >= 0.3 is 12.2 Å². The number of alkyl halides is 3. The third-order valence-corrected chi connectivity index (χ3v) is 7.77. The fourth-order valence-corrected chi connectivity index (χ4v) is 5.50. The van der Waals surface area contributed by atoms with Gasteiger partial charge in [-0.2, -0.15) is 13.2 Å². The van der Waals surface area contributed by atoms with Crippen molar-refractivity contribution in [3.8, 4) is 0 Å². The van der Waals surface area contributed by atoms with Crippen LogP contribution in [-0.4, -0.2) is 43.0 Å². The van der Waals surface area contributed by atoms with Crippen LogP contribution in [0.1, 0.15) is 44.6 Å². The van der Waals surface area contributed by atoms with Gasteiger partial charge in [0.25, 0.3) is 5.91 Å². The van der Waals surface area contributed by atoms with E-state index in [1.165, 1.54) is 6.07 Å². The van der Waals surface area contributed by atoms with Gasteiger partial charge in [0.1, 0.15) is 11.6 Å². The number of nitrogens with zero attached hydrogens (tertiary/aromatic N) is 1. The summed E-state index contributed by atoms with van der Waals surface area (Å²) >= 11 is 6.31. The summed E-state index contributed by atoms with van der Waals surface area (Å²) in [7, 11) is 0. The van der Waals surface area contributed by atoms with E-state index in [-0.39, 0.29) is 39.0 Å². The molecule has 7 nitrogen and oxygen atoms in total. The van der Waals surface area contributed by atoms with E-state index in [0.29, 0.717) is 29.7 Å². The number of anilines is 2. The lowest BCUT2D eigenvalue weighted by atomic mass is 9.90. The first-order chi connectivity index (χ1) is 18.9. The monoisotopic (exact) mass is 579 g/mol. The fourth-order valence-electron chi connectivity index (χ4n) is 5.27. The average Bonchev–Trinajstić information content (AvgIpc) is 3.34. The molecule has 0 saturated carbocycles. The molecule has 0 aromatic heterocycles. The molecule has 0 spiro atoms. The number of amides is 3. The van der Waals surface area contributed by atoms with E-state index >= 15 is 0 Å². The Balaban J connectivity index is 1.44. The lowest BCUT2D eigenvalue weighted by Gasteiger charge is -2.29. The fraction of sp³-hybridized carbons (Fsp3) is 0.259. The Morgan fingerprint density at radius 1 is 1.10 bits per heavy atom. The smallest absolute Gasteiger partial charge is 0.380 e. The highest BCUT2D eigenvalue weighted by Crippen LogP contribution is 2.49. The molecule has 0 aliphatic carbocycles. The maximum absolute atomic E-state index is 14.1. The number of urea groups is 1. The van der Waals surface area contributed by atoms with E-state index in [0.717, 1.165) is 24.3 Å². The van der Waals surface area contributed by atoms with Gasteiger partial charge < -0.3 is 20.5 Å². The Morgan fingerprint density at radius 3 is 2.48 bits per heavy atom. The Hall–Kier alpha value is -3.74. The summed E-state index contributed by atoms with van der Waals surface area (Å²) in [5, 5.41) is 16.0. The van der Waals surface area contributed by atoms with Crippen LogP contribution in [0.3, 0.4) is 0 Å². The maximum atomic E-state index is 14.1. The molecule has 1 saturated heterocycles. The van der Waals surface area contributed by atoms with Gasteiger partial charge in [-0.3, -0.25) is 9.69 Å². The molecule has 3 N–H and O–H groups in total. The van der Waals surface area contributed by atoms with Crippen LogP contribution in [0, 0.1) is 11.6 Å². The number of β-amino-alcohol motifs (C(OH)–C–C–N with tert-alkyl or cyclic N) is 1. The molecule has 3 aliphatic heterocycles. The van der Waals surface area contributed by atoms with Gasteiger partial charge in [-0.25, -0.2) is 13.6 Å². The largest absolute Gasteiger partial charge is 0.423 e. The number of carbonyl (C=O) groups is 2. The number of hydrogen-bond acceptors (Lipinski definition) is 4. The van der Waals surface area contributed by atoms with Crippen molar-refractivity contribution in [3.63, 3.8) is 0 Å². The van der Waals surface area contributed by atoms with E-state index < -0.39 is 53.5 Å². The molecular weight excluding hydrogens is 561 g/mol. The van der Waals surface area contributed by atoms with Crippen LogP contribution in [0.15, 0.2) is 48.5 Å². The SMILES string of the molecule is O=C1N[C@H](c2cc(F)ccc2Cl)c2c(NC(=O)N3C[C@@](O)(C(F)(F)F)c4cc(F)ccc43)cc(C3COC3)cc21. The van der Waals surface area contributed by atoms with E-state index in [4.69, 9.17) is 16.3 Å². The molecule has 0 bridgehead atoms. The number of halogens is 6. The zero-order chi connectivity index (χ0) is 28.6. The summed E-state index contributed by atoms with van der Waals surface area (Å²) in [6.45, 7) is -0.511. The average molecular weight is 580 g/mol. The molecule has 3 aromatic rings. The summed E-state index contributed by atoms with van der Waals surface area (Å²) in [4.78, 5) is 27.2. The van der Waals surface area contributed by atoms with Crippen LogP contribution in [0.5, 0.6) is 0 Å². The van der Waals surface area contributed by atoms with E-state index in [2.05, 4.69) is 10.6 Å². The van der Waals surface area contributed by atoms with Crippen LogP contribution in [0.2, 0.25) is 5.02 Å². The zero-order valence-electron chi connectivity index (χ0n) is 20.3. The number of aliphatic hydroxyl groups is 1. The maximum Gasteiger partial charge on any atom is 0.423 e. The molecule has 208 valence electrons. The molecule has 3 heterocycles. The van der Waals surface area contributed by atoms with Crippen LogP contribution < -0.4 is 15.5 Å². The van der Waals surface area contributed by atoms with Crippen LogP contribution in [0.25, 0.3) is 0 Å². The van der Waals surface area contributed by atoms with Crippen LogP contribution >= 0.6 is 11.6 Å². The summed E-state index contributed by atoms with van der Waals surface area (Å²) < 4.78 is 75.0. The lowest BCUT2D eigenvalue weighted by Crippen LogP contribution is -2.48. The second kappa shape index (κ2) is 9.15. The third-order valence-electron chi connectivity index (χ3n) is 7.43. The molecule has 2 atom stereocenters. The van der Waals surface area contributed by atoms with Crippen molar-refractivity contribution in [2.24, 2.45) is 0 Å². The molecular formula is C27H19ClF5N3O4. The van der Waals surface area contributed by atoms with Gasteiger partial charge in [-0.05, 0) is 54.1 Å². The van der Waals surface area contributed by atoms with E-state index in [1.54, 1.807) is 12.1 Å². The Morgan fingerprint density at radius 2 is 1.80 bits per heavy atom. The van der Waals surface area contributed by atoms with Gasteiger partial charge in [0.15, 0.2) is 0 Å². The van der Waals surface area contributed by atoms with Gasteiger partial charge in [-0.15, -0.1) is 0 Å². The number of carbonyl (C=O) groups excluding carboxylic acids is 2. The van der Waals surface area contributed by atoms with Crippen molar-refractivity contribution in [2.45, 2.75) is 23.7 Å². The van der Waals surface area contributed by atoms with E-state index in [1.807, 2.05) is 0 Å². The highest BCUT2D eigenvalue weighted by molar-refractivity contribution is 6.31. The number of nitrogens with one attached hydrogen (secondary N) is 2. The predicted octanol–water partition coefficient (Wildman–Crippen LogP) is 5.37. The highest BCUT2D eigenvalue weighted by atomic mass is 35.5. The van der Waals surface area contributed by atoms with Crippen LogP contribution in [-0.2, 0) is 10.3 Å². The highest BCUT2D eigenvalue weighted by Gasteiger charge is 2.61. The summed E-state index contributed by atoms with van der Waals surface area (Å²) in [6.07, 6.45) is -5.22. The third kappa shape index (κ3) is 4.09. The molecule has 0 unspecified atom stereocenters. The van der Waals surface area contributed by atoms with Crippen LogP contribution in [0.4, 0.5) is 38.1 Å². The molecule has 0 radical (unpaired) electrons. The van der Waals surface area contributed by atoms with Gasteiger partial charge in [-0.1, -0.05) is 11.6 Å². The number of ether oxygens (including phenoxy) is 1. The topological polar surface area (TPSA) is 90.9 Å². The summed E-state index contributed by atoms with van der Waals surface area (Å²) in [6, 6.07) is 7.11. The number of benzene rings is 3. The van der Waals surface area contributed by atoms with Gasteiger partial charge in [0, 0.05) is 38.9 Å². The first-order valence-corrected chi connectivity index (χ1v) is 12.4. The molecule has 3 aromatic carbocycles. The lowest BCUT2D eigenvalue weighted by molar-refractivity contribution is -0.258. The minimum Gasteiger partial charge on any atom is -0.380 e. The first-order valence-electron chi connectivity index (χ1n) is 12.1. The van der Waals surface area contributed by atoms with Crippen molar-refractivity contribution in [2.75, 3.05) is 30.0 Å². The zero-order valence-corrected chi connectivity index (χ0v) is 21.0. The first kappa shape index (κ1) is 26.5. The summed E-state index contributed by atoms with van der Waals surface area (Å²) in [5.74, 6) is -2.26. The molecule has 40 heavy (non-hydrogen) atoms. The second-order valence-corrected chi connectivity index (χ2v) is 10.3. The Bertz CT molecular complexity index is 1580. The number of rotatable bonds is 3. The van der Waals surface area contributed by atoms with Crippen molar-refractivity contribution in [1.82, 2.24) is 5.32 Å². The van der Waals surface area contributed by atoms with Gasteiger partial charge in [0.05, 0.1) is 31.5 Å². The second-order valence-electron chi connectivity index (χ2n) is 9.87. The number of fused-ring (bicyclic) bond motifs is 2. The molecule has 1 fully saturated rings. The Kier molecular flexibility index (Phi) is 6.06. The van der Waals surface area contributed by atoms with Crippen molar-refractivity contribution in [3.05, 3.63) is 93.0 Å². The van der Waals surface area contributed by atoms with E-state index in [9.17, 15) is 36.6 Å². The quantitative estimate of drug-likeness (QED) is 0.364. The van der Waals surface area contributed by atoms with Gasteiger partial charge in [0.2, 0.25) is 5.60 Å². The minimum atomic E-state index is -5.22. The molecule has 3 amide bonds. The van der Waals surface area contributed by atoms with Crippen molar-refractivity contribution >= 4 is 34.9 Å². The summed E-state index contributed by atoms with van der Waals surface area (Å²) in [5.41, 5.74) is -3.34. The molecule has 6 rings (SSSR count). The van der Waals surface area contributed by atoms with Crippen molar-refractivity contribution in [1.29, 1.82) is 0 Å². The minimum absolute atomic E-state index is 0.0687. The predicted molar refractivity (Wildman–Crippen MR) is 133 cm³/mol. The van der Waals surface area contributed by atoms with Crippen molar-refractivity contribution < 1.29 is 41.4 Å². The normalized spacial score (nSPS) is 22.0. The molecule has 3 aliphatic rings. The standard InChI is InChI=1S/C27H19ClF5N3O4/c28-19-3-1-14(29)7-16(19)23-22-17(24(37)35-23)5-12(13-9-40-10-13)6-20(22)34-25(38)36-11-26(39,27(31,32)33)18-8-15(30)2-4-21(18)36/h1-8,13,23,39H,9-11H2,(H,34,38)(H,35,37)/t23-,26+/m1/s1.